The quantitative estimate of drug-likeness (QED) is 0.297. The van der Waals surface area contributed by atoms with Crippen molar-refractivity contribution in [2.75, 3.05) is 23.9 Å². The first-order chi connectivity index (χ1) is 20.3. The second-order valence-corrected chi connectivity index (χ2v) is 13.9. The Bertz CT molecular complexity index is 1520. The van der Waals surface area contributed by atoms with Crippen LogP contribution in [-0.4, -0.2) is 56.3 Å². The van der Waals surface area contributed by atoms with Crippen LogP contribution in [0.25, 0.3) is 0 Å². The molecule has 0 spiro atoms. The molecule has 0 unspecified atom stereocenters. The maximum Gasteiger partial charge on any atom is 0.243 e. The summed E-state index contributed by atoms with van der Waals surface area (Å²) in [5, 5.41) is 3.61. The molecule has 43 heavy (non-hydrogen) atoms. The summed E-state index contributed by atoms with van der Waals surface area (Å²) in [5.74, 6) is 0.476. The van der Waals surface area contributed by atoms with E-state index in [0.29, 0.717) is 28.6 Å². The average Bonchev–Trinajstić information content (AvgIpc) is 3.41. The SMILES string of the molecule is CC(C)(C)NC(=O)[C@H](Cc1ccccc1)N(Cc1ccc(Cl)cc1)C(=O)CCCN(c1ccc2c(c1)OCO2)S(C)(=O)=O. The number of hydrogen-bond donors (Lipinski definition) is 1. The number of fused-ring (bicyclic) bond motifs is 1. The number of hydrogen-bond acceptors (Lipinski definition) is 6. The van der Waals surface area contributed by atoms with E-state index in [-0.39, 0.29) is 44.5 Å². The van der Waals surface area contributed by atoms with Crippen LogP contribution in [0.4, 0.5) is 5.69 Å². The second-order valence-electron chi connectivity index (χ2n) is 11.6. The summed E-state index contributed by atoms with van der Waals surface area (Å²) >= 11 is 6.11. The Kier molecular flexibility index (Phi) is 10.2. The van der Waals surface area contributed by atoms with Crippen LogP contribution in [0.5, 0.6) is 11.5 Å². The van der Waals surface area contributed by atoms with E-state index in [0.717, 1.165) is 17.4 Å². The standard InChI is InChI=1S/C32H38ClN3O6S/c1-32(2,3)34-31(38)27(19-23-9-6-5-7-10-23)35(21-24-12-14-25(33)15-13-24)30(37)11-8-18-36(43(4,39)40)26-16-17-28-29(20-26)42-22-41-28/h5-7,9-10,12-17,20,27H,8,11,18-19,21-22H2,1-4H3,(H,34,38)/t27-/m0/s1. The van der Waals surface area contributed by atoms with Crippen molar-refractivity contribution in [3.8, 4) is 11.5 Å². The number of rotatable bonds is 12. The van der Waals surface area contributed by atoms with Crippen LogP contribution in [0.15, 0.2) is 72.8 Å². The highest BCUT2D eigenvalue weighted by atomic mass is 35.5. The molecule has 2 amide bonds. The number of nitrogens with zero attached hydrogens (tertiary/aromatic N) is 2. The lowest BCUT2D eigenvalue weighted by atomic mass is 10.00. The second kappa shape index (κ2) is 13.7. The number of sulfonamides is 1. The molecule has 1 N–H and O–H groups in total. The topological polar surface area (TPSA) is 105 Å². The molecule has 1 atom stereocenters. The summed E-state index contributed by atoms with van der Waals surface area (Å²) in [5.41, 5.74) is 1.64. The fourth-order valence-corrected chi connectivity index (χ4v) is 5.92. The lowest BCUT2D eigenvalue weighted by molar-refractivity contribution is -0.142. The van der Waals surface area contributed by atoms with Crippen molar-refractivity contribution < 1.29 is 27.5 Å². The molecule has 0 radical (unpaired) electrons. The van der Waals surface area contributed by atoms with E-state index in [1.807, 2.05) is 63.2 Å². The highest BCUT2D eigenvalue weighted by Crippen LogP contribution is 2.36. The van der Waals surface area contributed by atoms with Crippen LogP contribution >= 0.6 is 11.6 Å². The number of ether oxygens (including phenoxy) is 2. The van der Waals surface area contributed by atoms with Crippen molar-refractivity contribution in [3.05, 3.63) is 88.9 Å². The van der Waals surface area contributed by atoms with Gasteiger partial charge in [0.1, 0.15) is 6.04 Å². The van der Waals surface area contributed by atoms with Gasteiger partial charge in [-0.25, -0.2) is 8.42 Å². The van der Waals surface area contributed by atoms with Gasteiger partial charge in [-0.15, -0.1) is 0 Å². The molecule has 0 saturated heterocycles. The zero-order valence-corrected chi connectivity index (χ0v) is 26.5. The smallest absolute Gasteiger partial charge is 0.243 e. The molecule has 1 heterocycles. The molecular weight excluding hydrogens is 590 g/mol. The normalized spacial score (nSPS) is 13.3. The molecule has 0 aliphatic carbocycles. The zero-order chi connectivity index (χ0) is 31.2. The summed E-state index contributed by atoms with van der Waals surface area (Å²) in [6, 6.07) is 20.8. The average molecular weight is 628 g/mol. The molecular formula is C32H38ClN3O6S. The summed E-state index contributed by atoms with van der Waals surface area (Å²) in [4.78, 5) is 29.2. The molecule has 9 nitrogen and oxygen atoms in total. The molecule has 3 aromatic rings. The predicted molar refractivity (Wildman–Crippen MR) is 168 cm³/mol. The van der Waals surface area contributed by atoms with Gasteiger partial charge in [-0.05, 0) is 62.6 Å². The molecule has 1 aliphatic heterocycles. The molecule has 3 aromatic carbocycles. The van der Waals surface area contributed by atoms with Gasteiger partial charge in [-0.2, -0.15) is 0 Å². The number of carbonyl (C=O) groups is 2. The minimum atomic E-state index is -3.66. The highest BCUT2D eigenvalue weighted by molar-refractivity contribution is 7.92. The fraction of sp³-hybridized carbons (Fsp3) is 0.375. The lowest BCUT2D eigenvalue weighted by Crippen LogP contribution is -2.54. The monoisotopic (exact) mass is 627 g/mol. The van der Waals surface area contributed by atoms with E-state index >= 15 is 0 Å². The number of anilines is 1. The van der Waals surface area contributed by atoms with Crippen molar-refractivity contribution in [2.45, 2.75) is 58.2 Å². The van der Waals surface area contributed by atoms with E-state index in [1.165, 1.54) is 4.31 Å². The van der Waals surface area contributed by atoms with Crippen LogP contribution in [0, 0.1) is 0 Å². The Labute approximate surface area is 258 Å². The molecule has 230 valence electrons. The van der Waals surface area contributed by atoms with E-state index < -0.39 is 21.6 Å². The first-order valence-electron chi connectivity index (χ1n) is 14.1. The van der Waals surface area contributed by atoms with Crippen LogP contribution in [0.1, 0.15) is 44.7 Å². The number of amides is 2. The van der Waals surface area contributed by atoms with Crippen LogP contribution in [-0.2, 0) is 32.6 Å². The van der Waals surface area contributed by atoms with Crippen molar-refractivity contribution in [3.63, 3.8) is 0 Å². The van der Waals surface area contributed by atoms with Gasteiger partial charge in [0, 0.05) is 42.6 Å². The molecule has 1 aliphatic rings. The number of nitrogens with one attached hydrogen (secondary N) is 1. The minimum Gasteiger partial charge on any atom is -0.454 e. The summed E-state index contributed by atoms with van der Waals surface area (Å²) in [6.07, 6.45) is 1.70. The molecule has 11 heteroatoms. The first kappa shape index (κ1) is 32.2. The van der Waals surface area contributed by atoms with Crippen LogP contribution < -0.4 is 19.1 Å². The van der Waals surface area contributed by atoms with Gasteiger partial charge < -0.3 is 19.7 Å². The van der Waals surface area contributed by atoms with E-state index in [1.54, 1.807) is 35.2 Å². The molecule has 0 fully saturated rings. The third-order valence-corrected chi connectivity index (χ3v) is 8.28. The van der Waals surface area contributed by atoms with E-state index in [4.69, 9.17) is 21.1 Å². The summed E-state index contributed by atoms with van der Waals surface area (Å²) in [7, 11) is -3.66. The molecule has 0 bridgehead atoms. The van der Waals surface area contributed by atoms with Gasteiger partial charge >= 0.3 is 0 Å². The van der Waals surface area contributed by atoms with Crippen molar-refractivity contribution in [1.29, 1.82) is 0 Å². The van der Waals surface area contributed by atoms with Gasteiger partial charge in [0.2, 0.25) is 28.6 Å². The van der Waals surface area contributed by atoms with Crippen LogP contribution in [0.3, 0.4) is 0 Å². The molecule has 0 aromatic heterocycles. The fourth-order valence-electron chi connectivity index (χ4n) is 4.84. The Hall–Kier alpha value is -3.76. The first-order valence-corrected chi connectivity index (χ1v) is 16.3. The van der Waals surface area contributed by atoms with Gasteiger partial charge in [-0.3, -0.25) is 13.9 Å². The van der Waals surface area contributed by atoms with E-state index in [2.05, 4.69) is 5.32 Å². The van der Waals surface area contributed by atoms with E-state index in [9.17, 15) is 18.0 Å². The van der Waals surface area contributed by atoms with Crippen molar-refractivity contribution >= 4 is 39.1 Å². The number of halogens is 1. The molecule has 4 rings (SSSR count). The minimum absolute atomic E-state index is 0.0260. The Morgan fingerprint density at radius 3 is 2.28 bits per heavy atom. The Morgan fingerprint density at radius 2 is 1.63 bits per heavy atom. The maximum atomic E-state index is 14.0. The maximum absolute atomic E-state index is 14.0. The van der Waals surface area contributed by atoms with Crippen molar-refractivity contribution in [1.82, 2.24) is 10.2 Å². The van der Waals surface area contributed by atoms with Crippen LogP contribution in [0.2, 0.25) is 5.02 Å². The summed E-state index contributed by atoms with van der Waals surface area (Å²) < 4.78 is 37.5. The molecule has 0 saturated carbocycles. The summed E-state index contributed by atoms with van der Waals surface area (Å²) in [6.45, 7) is 6.01. The predicted octanol–water partition coefficient (Wildman–Crippen LogP) is 5.17. The lowest BCUT2D eigenvalue weighted by Gasteiger charge is -2.34. The third-order valence-electron chi connectivity index (χ3n) is 6.83. The van der Waals surface area contributed by atoms with Gasteiger partial charge in [0.25, 0.3) is 0 Å². The largest absolute Gasteiger partial charge is 0.454 e. The Morgan fingerprint density at radius 1 is 0.953 bits per heavy atom. The highest BCUT2D eigenvalue weighted by Gasteiger charge is 2.32. The van der Waals surface area contributed by atoms with Gasteiger partial charge in [-0.1, -0.05) is 54.1 Å². The van der Waals surface area contributed by atoms with Crippen molar-refractivity contribution in [2.24, 2.45) is 0 Å². The zero-order valence-electron chi connectivity index (χ0n) is 24.9. The number of benzene rings is 3. The number of carbonyl (C=O) groups excluding carboxylic acids is 2. The third kappa shape index (κ3) is 9.11. The van der Waals surface area contributed by atoms with Gasteiger partial charge in [0.05, 0.1) is 11.9 Å². The Balaban J connectivity index is 1.58. The van der Waals surface area contributed by atoms with Gasteiger partial charge in [0.15, 0.2) is 11.5 Å².